The van der Waals surface area contributed by atoms with Crippen molar-refractivity contribution in [1.82, 2.24) is 4.98 Å². The molecule has 0 atom stereocenters. The fourth-order valence-corrected chi connectivity index (χ4v) is 1.55. The molecular weight excluding hydrogens is 232 g/mol. The number of hydrogen-bond acceptors (Lipinski definition) is 4. The molecule has 0 radical (unpaired) electrons. The fourth-order valence-electron chi connectivity index (χ4n) is 1.55. The van der Waals surface area contributed by atoms with E-state index in [1.165, 1.54) is 6.20 Å². The molecule has 2 aromatic rings. The molecule has 0 unspecified atom stereocenters. The molecule has 5 nitrogen and oxygen atoms in total. The summed E-state index contributed by atoms with van der Waals surface area (Å²) in [5.41, 5.74) is 0.344. The van der Waals surface area contributed by atoms with E-state index in [1.54, 1.807) is 30.3 Å². The molecule has 0 fully saturated rings. The summed E-state index contributed by atoms with van der Waals surface area (Å²) >= 11 is 0. The van der Waals surface area contributed by atoms with Crippen molar-refractivity contribution in [2.45, 2.75) is 0 Å². The van der Waals surface area contributed by atoms with E-state index in [4.69, 9.17) is 10.4 Å². The molecule has 5 heteroatoms. The van der Waals surface area contributed by atoms with E-state index in [0.717, 1.165) is 6.08 Å². The van der Waals surface area contributed by atoms with Gasteiger partial charge >= 0.3 is 5.97 Å². The lowest BCUT2D eigenvalue weighted by atomic mass is 10.1. The van der Waals surface area contributed by atoms with Crippen molar-refractivity contribution in [3.05, 3.63) is 41.6 Å². The number of carbonyl (C=O) groups is 1. The quantitative estimate of drug-likeness (QED) is 0.617. The zero-order valence-corrected chi connectivity index (χ0v) is 9.16. The minimum absolute atomic E-state index is 0.0883. The van der Waals surface area contributed by atoms with Gasteiger partial charge in [-0.2, -0.15) is 5.26 Å². The zero-order valence-electron chi connectivity index (χ0n) is 9.16. The molecule has 0 saturated carbocycles. The first-order valence-corrected chi connectivity index (χ1v) is 5.05. The van der Waals surface area contributed by atoms with E-state index in [2.05, 4.69) is 4.98 Å². The van der Waals surface area contributed by atoms with Gasteiger partial charge in [-0.3, -0.25) is 4.98 Å². The molecule has 1 aromatic heterocycles. The van der Waals surface area contributed by atoms with E-state index in [1.807, 2.05) is 0 Å². The van der Waals surface area contributed by atoms with Crippen molar-refractivity contribution in [1.29, 1.82) is 5.26 Å². The third-order valence-electron chi connectivity index (χ3n) is 2.43. The van der Waals surface area contributed by atoms with Crippen LogP contribution in [0.5, 0.6) is 5.75 Å². The average Bonchev–Trinajstić information content (AvgIpc) is 2.38. The number of benzene rings is 1. The summed E-state index contributed by atoms with van der Waals surface area (Å²) in [5.74, 6) is -1.43. The number of carboxylic acids is 1. The Morgan fingerprint density at radius 2 is 2.11 bits per heavy atom. The Balaban J connectivity index is 2.64. The largest absolute Gasteiger partial charge is 0.507 e. The first-order valence-electron chi connectivity index (χ1n) is 5.05. The summed E-state index contributed by atoms with van der Waals surface area (Å²) in [7, 11) is 0. The Morgan fingerprint density at radius 1 is 1.39 bits per heavy atom. The number of aromatic hydroxyl groups is 1. The maximum Gasteiger partial charge on any atom is 0.346 e. The lowest BCUT2D eigenvalue weighted by Crippen LogP contribution is -1.97. The zero-order chi connectivity index (χ0) is 13.1. The van der Waals surface area contributed by atoms with Gasteiger partial charge in [-0.25, -0.2) is 4.79 Å². The number of hydrogen-bond donors (Lipinski definition) is 2. The maximum atomic E-state index is 10.7. The standard InChI is InChI=1S/C13H8N2O3/c14-6-8(13(17)18)5-9-7-15-11-4-2-1-3-10(11)12(9)16/h1-5,7H,(H,15,16)(H,17,18). The Labute approximate surface area is 102 Å². The summed E-state index contributed by atoms with van der Waals surface area (Å²) in [6.45, 7) is 0. The Bertz CT molecular complexity index is 699. The fraction of sp³-hybridized carbons (Fsp3) is 0. The normalized spacial score (nSPS) is 11.2. The molecule has 0 saturated heterocycles. The SMILES string of the molecule is N#CC(=Cc1cnc2ccccc2c1O)C(=O)O. The Kier molecular flexibility index (Phi) is 2.94. The number of carboxylic acid groups (broad SMARTS) is 1. The van der Waals surface area contributed by atoms with Crippen LogP contribution < -0.4 is 0 Å². The van der Waals surface area contributed by atoms with Crippen LogP contribution in [0.3, 0.4) is 0 Å². The molecule has 88 valence electrons. The smallest absolute Gasteiger partial charge is 0.346 e. The molecule has 18 heavy (non-hydrogen) atoms. The number of aromatic nitrogens is 1. The molecule has 1 aromatic carbocycles. The predicted molar refractivity (Wildman–Crippen MR) is 64.6 cm³/mol. The summed E-state index contributed by atoms with van der Waals surface area (Å²) < 4.78 is 0. The highest BCUT2D eigenvalue weighted by molar-refractivity contribution is 5.98. The van der Waals surface area contributed by atoms with Crippen molar-refractivity contribution in [3.63, 3.8) is 0 Å². The van der Waals surface area contributed by atoms with Crippen molar-refractivity contribution in [3.8, 4) is 11.8 Å². The Hall–Kier alpha value is -2.87. The minimum atomic E-state index is -1.34. The van der Waals surface area contributed by atoms with Crippen molar-refractivity contribution in [2.75, 3.05) is 0 Å². The van der Waals surface area contributed by atoms with E-state index >= 15 is 0 Å². The second kappa shape index (κ2) is 4.55. The third-order valence-corrected chi connectivity index (χ3v) is 2.43. The monoisotopic (exact) mass is 240 g/mol. The number of rotatable bonds is 2. The van der Waals surface area contributed by atoms with Crippen molar-refractivity contribution < 1.29 is 15.0 Å². The van der Waals surface area contributed by atoms with Crippen molar-refractivity contribution >= 4 is 22.9 Å². The molecule has 0 bridgehead atoms. The van der Waals surface area contributed by atoms with Gasteiger partial charge in [-0.15, -0.1) is 0 Å². The summed E-state index contributed by atoms with van der Waals surface area (Å²) in [4.78, 5) is 14.8. The van der Waals surface area contributed by atoms with Gasteiger partial charge in [-0.05, 0) is 18.2 Å². The molecule has 1 heterocycles. The lowest BCUT2D eigenvalue weighted by molar-refractivity contribution is -0.132. The second-order valence-corrected chi connectivity index (χ2v) is 3.55. The molecule has 2 N–H and O–H groups in total. The maximum absolute atomic E-state index is 10.7. The van der Waals surface area contributed by atoms with Crippen LogP contribution in [0.25, 0.3) is 17.0 Å². The Morgan fingerprint density at radius 3 is 2.78 bits per heavy atom. The average molecular weight is 240 g/mol. The van der Waals surface area contributed by atoms with E-state index in [-0.39, 0.29) is 11.3 Å². The molecule has 0 aliphatic carbocycles. The molecular formula is C13H8N2O3. The number of pyridine rings is 1. The number of fused-ring (bicyclic) bond motifs is 1. The van der Waals surface area contributed by atoms with Crippen LogP contribution in [-0.2, 0) is 4.79 Å². The number of nitrogens with zero attached hydrogens (tertiary/aromatic N) is 2. The van der Waals surface area contributed by atoms with Gasteiger partial charge < -0.3 is 10.2 Å². The van der Waals surface area contributed by atoms with Gasteiger partial charge in [0.1, 0.15) is 17.4 Å². The van der Waals surface area contributed by atoms with Gasteiger partial charge in [0.15, 0.2) is 0 Å². The molecule has 0 spiro atoms. The van der Waals surface area contributed by atoms with Crippen LogP contribution in [-0.4, -0.2) is 21.2 Å². The predicted octanol–water partition coefficient (Wildman–Crippen LogP) is 1.93. The highest BCUT2D eigenvalue weighted by Gasteiger charge is 2.10. The van der Waals surface area contributed by atoms with Crippen LogP contribution in [0.1, 0.15) is 5.56 Å². The van der Waals surface area contributed by atoms with E-state index in [9.17, 15) is 9.90 Å². The molecule has 2 rings (SSSR count). The minimum Gasteiger partial charge on any atom is -0.507 e. The number of aliphatic carboxylic acids is 1. The van der Waals surface area contributed by atoms with E-state index < -0.39 is 11.5 Å². The van der Waals surface area contributed by atoms with Crippen molar-refractivity contribution in [2.24, 2.45) is 0 Å². The van der Waals surface area contributed by atoms with Crippen LogP contribution in [0, 0.1) is 11.3 Å². The van der Waals surface area contributed by atoms with Gasteiger partial charge in [0.2, 0.25) is 0 Å². The van der Waals surface area contributed by atoms with Gasteiger partial charge in [-0.1, -0.05) is 12.1 Å². The number of nitriles is 1. The van der Waals surface area contributed by atoms with Gasteiger partial charge in [0.25, 0.3) is 0 Å². The number of para-hydroxylation sites is 1. The first kappa shape index (κ1) is 11.6. The molecule has 0 amide bonds. The van der Waals surface area contributed by atoms with E-state index in [0.29, 0.717) is 10.9 Å². The first-order chi connectivity index (χ1) is 8.63. The molecule has 0 aliphatic rings. The van der Waals surface area contributed by atoms with Crippen LogP contribution in [0.4, 0.5) is 0 Å². The highest BCUT2D eigenvalue weighted by atomic mass is 16.4. The molecule has 0 aliphatic heterocycles. The van der Waals surface area contributed by atoms with Crippen LogP contribution in [0.15, 0.2) is 36.0 Å². The van der Waals surface area contributed by atoms with Crippen LogP contribution in [0.2, 0.25) is 0 Å². The lowest BCUT2D eigenvalue weighted by Gasteiger charge is -2.03. The van der Waals surface area contributed by atoms with Crippen LogP contribution >= 0.6 is 0 Å². The second-order valence-electron chi connectivity index (χ2n) is 3.55. The summed E-state index contributed by atoms with van der Waals surface area (Å²) in [6, 6.07) is 8.46. The van der Waals surface area contributed by atoms with Gasteiger partial charge in [0, 0.05) is 17.1 Å². The highest BCUT2D eigenvalue weighted by Crippen LogP contribution is 2.28. The summed E-state index contributed by atoms with van der Waals surface area (Å²) in [5, 5.41) is 27.9. The topological polar surface area (TPSA) is 94.2 Å². The van der Waals surface area contributed by atoms with Gasteiger partial charge in [0.05, 0.1) is 5.52 Å². The third kappa shape index (κ3) is 1.99. The summed E-state index contributed by atoms with van der Waals surface area (Å²) in [6.07, 6.45) is 2.43.